The zero-order chi connectivity index (χ0) is 7.40. The second kappa shape index (κ2) is 3.68. The Morgan fingerprint density at radius 1 is 1.70 bits per heavy atom. The lowest BCUT2D eigenvalue weighted by Crippen LogP contribution is -2.12. The van der Waals surface area contributed by atoms with Gasteiger partial charge < -0.3 is 5.73 Å². The number of rotatable bonds is 3. The molecule has 1 aromatic rings. The molecule has 1 nitrogen and oxygen atoms in total. The van der Waals surface area contributed by atoms with Gasteiger partial charge in [-0.05, 0) is 11.4 Å². The zero-order valence-corrected chi connectivity index (χ0v) is 6.40. The van der Waals surface area contributed by atoms with Crippen LogP contribution in [0.4, 0.5) is 4.39 Å². The molecule has 1 heterocycles. The quantitative estimate of drug-likeness (QED) is 0.714. The standard InChI is InChI=1S/C7H10FNS/c8-4-6(5-9)7-2-1-3-10-7/h1-3,6H,4-5,9H2. The minimum absolute atomic E-state index is 0.0833. The zero-order valence-electron chi connectivity index (χ0n) is 5.59. The van der Waals surface area contributed by atoms with Crippen LogP contribution in [0.25, 0.3) is 0 Å². The molecule has 1 atom stereocenters. The van der Waals surface area contributed by atoms with Crippen LogP contribution in [0.5, 0.6) is 0 Å². The van der Waals surface area contributed by atoms with E-state index in [4.69, 9.17) is 5.73 Å². The van der Waals surface area contributed by atoms with E-state index in [0.29, 0.717) is 6.54 Å². The van der Waals surface area contributed by atoms with Crippen LogP contribution in [0.15, 0.2) is 17.5 Å². The van der Waals surface area contributed by atoms with E-state index < -0.39 is 0 Å². The third-order valence-electron chi connectivity index (χ3n) is 1.42. The molecule has 10 heavy (non-hydrogen) atoms. The van der Waals surface area contributed by atoms with Gasteiger partial charge in [0.1, 0.15) is 0 Å². The van der Waals surface area contributed by atoms with Crippen molar-refractivity contribution >= 4 is 11.3 Å². The Kier molecular flexibility index (Phi) is 2.83. The molecular weight excluding hydrogens is 149 g/mol. The van der Waals surface area contributed by atoms with Crippen LogP contribution in [0, 0.1) is 0 Å². The van der Waals surface area contributed by atoms with Gasteiger partial charge in [0.05, 0.1) is 6.67 Å². The summed E-state index contributed by atoms with van der Waals surface area (Å²) in [7, 11) is 0. The van der Waals surface area contributed by atoms with E-state index in [-0.39, 0.29) is 12.6 Å². The van der Waals surface area contributed by atoms with Crippen molar-refractivity contribution in [3.05, 3.63) is 22.4 Å². The molecule has 3 heteroatoms. The van der Waals surface area contributed by atoms with Crippen LogP contribution in [0.2, 0.25) is 0 Å². The summed E-state index contributed by atoms with van der Waals surface area (Å²) in [6.45, 7) is 0.0496. The summed E-state index contributed by atoms with van der Waals surface area (Å²) in [6.07, 6.45) is 0. The van der Waals surface area contributed by atoms with E-state index in [1.807, 2.05) is 17.5 Å². The number of hydrogen-bond donors (Lipinski definition) is 1. The van der Waals surface area contributed by atoms with E-state index in [9.17, 15) is 4.39 Å². The lowest BCUT2D eigenvalue weighted by atomic mass is 10.1. The summed E-state index contributed by atoms with van der Waals surface area (Å²) in [6, 6.07) is 3.83. The second-order valence-corrected chi connectivity index (χ2v) is 3.08. The molecule has 0 aromatic carbocycles. The first-order valence-corrected chi connectivity index (χ1v) is 4.06. The summed E-state index contributed by atoms with van der Waals surface area (Å²) in [5.41, 5.74) is 5.34. The molecule has 1 rings (SSSR count). The Bertz CT molecular complexity index is 170. The Hall–Kier alpha value is -0.410. The molecule has 1 aromatic heterocycles. The molecule has 0 aliphatic carbocycles. The predicted octanol–water partition coefficient (Wildman–Crippen LogP) is 1.76. The lowest BCUT2D eigenvalue weighted by Gasteiger charge is -2.05. The summed E-state index contributed by atoms with van der Waals surface area (Å²) in [4.78, 5) is 1.05. The van der Waals surface area contributed by atoms with Gasteiger partial charge in [-0.15, -0.1) is 11.3 Å². The molecule has 0 radical (unpaired) electrons. The number of nitrogens with two attached hydrogens (primary N) is 1. The maximum absolute atomic E-state index is 12.1. The van der Waals surface area contributed by atoms with Crippen molar-refractivity contribution in [2.24, 2.45) is 5.73 Å². The molecule has 0 saturated heterocycles. The highest BCUT2D eigenvalue weighted by Crippen LogP contribution is 2.20. The van der Waals surface area contributed by atoms with Gasteiger partial charge in [0.25, 0.3) is 0 Å². The first-order chi connectivity index (χ1) is 4.88. The summed E-state index contributed by atoms with van der Waals surface area (Å²) in [5, 5.41) is 1.94. The van der Waals surface area contributed by atoms with Crippen molar-refractivity contribution < 1.29 is 4.39 Å². The number of hydrogen-bond acceptors (Lipinski definition) is 2. The number of halogens is 1. The maximum atomic E-state index is 12.1. The molecule has 1 unspecified atom stereocenters. The lowest BCUT2D eigenvalue weighted by molar-refractivity contribution is 0.438. The van der Waals surface area contributed by atoms with Crippen molar-refractivity contribution in [1.29, 1.82) is 0 Å². The van der Waals surface area contributed by atoms with Crippen LogP contribution in [-0.4, -0.2) is 13.2 Å². The van der Waals surface area contributed by atoms with Crippen molar-refractivity contribution in [1.82, 2.24) is 0 Å². The topological polar surface area (TPSA) is 26.0 Å². The molecule has 0 fully saturated rings. The van der Waals surface area contributed by atoms with E-state index in [0.717, 1.165) is 4.88 Å². The van der Waals surface area contributed by atoms with Gasteiger partial charge in [0, 0.05) is 17.3 Å². The van der Waals surface area contributed by atoms with E-state index in [1.54, 1.807) is 11.3 Å². The molecule has 0 amide bonds. The van der Waals surface area contributed by atoms with Gasteiger partial charge in [-0.1, -0.05) is 6.07 Å². The molecule has 56 valence electrons. The van der Waals surface area contributed by atoms with Gasteiger partial charge in [-0.3, -0.25) is 4.39 Å². The highest BCUT2D eigenvalue weighted by molar-refractivity contribution is 7.10. The monoisotopic (exact) mass is 159 g/mol. The van der Waals surface area contributed by atoms with Crippen LogP contribution in [0.3, 0.4) is 0 Å². The molecule has 0 aliphatic heterocycles. The van der Waals surface area contributed by atoms with Crippen molar-refractivity contribution in [2.75, 3.05) is 13.2 Å². The third-order valence-corrected chi connectivity index (χ3v) is 2.45. The average Bonchev–Trinajstić information content (AvgIpc) is 2.43. The van der Waals surface area contributed by atoms with Crippen LogP contribution >= 0.6 is 11.3 Å². The van der Waals surface area contributed by atoms with E-state index in [1.165, 1.54) is 0 Å². The van der Waals surface area contributed by atoms with Crippen molar-refractivity contribution in [3.8, 4) is 0 Å². The van der Waals surface area contributed by atoms with E-state index in [2.05, 4.69) is 0 Å². The largest absolute Gasteiger partial charge is 0.330 e. The summed E-state index contributed by atoms with van der Waals surface area (Å²) >= 11 is 1.56. The Morgan fingerprint density at radius 3 is 2.90 bits per heavy atom. The highest BCUT2D eigenvalue weighted by Gasteiger charge is 2.08. The SMILES string of the molecule is NCC(CF)c1cccs1. The highest BCUT2D eigenvalue weighted by atomic mass is 32.1. The minimum atomic E-state index is -0.350. The third kappa shape index (κ3) is 1.55. The second-order valence-electron chi connectivity index (χ2n) is 2.10. The van der Waals surface area contributed by atoms with Crippen molar-refractivity contribution in [3.63, 3.8) is 0 Å². The predicted molar refractivity (Wildman–Crippen MR) is 42.1 cm³/mol. The first-order valence-electron chi connectivity index (χ1n) is 3.18. The van der Waals surface area contributed by atoms with Gasteiger partial charge in [0.15, 0.2) is 0 Å². The van der Waals surface area contributed by atoms with Gasteiger partial charge >= 0.3 is 0 Å². The normalized spacial score (nSPS) is 13.4. The first kappa shape index (κ1) is 7.69. The summed E-state index contributed by atoms with van der Waals surface area (Å²) in [5.74, 6) is -0.0833. The fourth-order valence-corrected chi connectivity index (χ4v) is 1.60. The fraction of sp³-hybridized carbons (Fsp3) is 0.429. The number of alkyl halides is 1. The molecule has 0 saturated carbocycles. The van der Waals surface area contributed by atoms with Crippen LogP contribution in [-0.2, 0) is 0 Å². The van der Waals surface area contributed by atoms with Gasteiger partial charge in [-0.25, -0.2) is 0 Å². The van der Waals surface area contributed by atoms with Gasteiger partial charge in [-0.2, -0.15) is 0 Å². The Balaban J connectivity index is 2.64. The fourth-order valence-electron chi connectivity index (χ4n) is 0.779. The summed E-state index contributed by atoms with van der Waals surface area (Å²) < 4.78 is 12.1. The van der Waals surface area contributed by atoms with Crippen molar-refractivity contribution in [2.45, 2.75) is 5.92 Å². The van der Waals surface area contributed by atoms with Crippen LogP contribution < -0.4 is 5.73 Å². The maximum Gasteiger partial charge on any atom is 0.0982 e. The molecule has 0 aliphatic rings. The average molecular weight is 159 g/mol. The smallest absolute Gasteiger partial charge is 0.0982 e. The minimum Gasteiger partial charge on any atom is -0.330 e. The molecule has 0 bridgehead atoms. The molecule has 0 spiro atoms. The Labute approximate surface area is 63.7 Å². The van der Waals surface area contributed by atoms with E-state index >= 15 is 0 Å². The number of thiophene rings is 1. The molecular formula is C7H10FNS. The molecule has 2 N–H and O–H groups in total. The van der Waals surface area contributed by atoms with Crippen LogP contribution in [0.1, 0.15) is 10.8 Å². The Morgan fingerprint density at radius 2 is 2.50 bits per heavy atom. The van der Waals surface area contributed by atoms with Gasteiger partial charge in [0.2, 0.25) is 0 Å².